The van der Waals surface area contributed by atoms with Crippen LogP contribution in [-0.4, -0.2) is 42.0 Å². The van der Waals surface area contributed by atoms with Crippen molar-refractivity contribution in [3.8, 4) is 0 Å². The molecule has 4 rings (SSSR count). The van der Waals surface area contributed by atoms with Crippen molar-refractivity contribution >= 4 is 50.0 Å². The van der Waals surface area contributed by atoms with Crippen LogP contribution in [0.25, 0.3) is 10.9 Å². The summed E-state index contributed by atoms with van der Waals surface area (Å²) in [4.78, 5) is 22.1. The first-order chi connectivity index (χ1) is 13.4. The molecule has 0 radical (unpaired) electrons. The summed E-state index contributed by atoms with van der Waals surface area (Å²) >= 11 is 9.68. The highest BCUT2D eigenvalue weighted by molar-refractivity contribution is 9.10. The highest BCUT2D eigenvalue weighted by atomic mass is 79.9. The van der Waals surface area contributed by atoms with E-state index in [4.69, 9.17) is 11.6 Å². The van der Waals surface area contributed by atoms with Gasteiger partial charge in [-0.3, -0.25) is 9.78 Å². The summed E-state index contributed by atoms with van der Waals surface area (Å²) in [5.41, 5.74) is 4.76. The Hall–Kier alpha value is -2.11. The molecule has 1 amide bonds. The Kier molecular flexibility index (Phi) is 5.30. The number of nitrogens with zero attached hydrogens (tertiary/aromatic N) is 3. The average Bonchev–Trinajstić information content (AvgIpc) is 2.69. The normalized spacial score (nSPS) is 14.6. The third kappa shape index (κ3) is 3.74. The molecular formula is C22H21BrClN3O. The zero-order valence-corrected chi connectivity index (χ0v) is 18.2. The van der Waals surface area contributed by atoms with Gasteiger partial charge in [0.15, 0.2) is 0 Å². The first-order valence-corrected chi connectivity index (χ1v) is 10.5. The number of halogens is 2. The van der Waals surface area contributed by atoms with Crippen molar-refractivity contribution in [1.82, 2.24) is 9.88 Å². The Morgan fingerprint density at radius 1 is 1.04 bits per heavy atom. The number of anilines is 1. The molecule has 1 fully saturated rings. The molecule has 0 unspecified atom stereocenters. The molecule has 1 aromatic heterocycles. The second-order valence-corrected chi connectivity index (χ2v) is 8.53. The van der Waals surface area contributed by atoms with E-state index in [-0.39, 0.29) is 5.91 Å². The highest BCUT2D eigenvalue weighted by Gasteiger charge is 2.24. The maximum atomic E-state index is 13.3. The van der Waals surface area contributed by atoms with Crippen LogP contribution in [0.4, 0.5) is 5.69 Å². The lowest BCUT2D eigenvalue weighted by Gasteiger charge is -2.37. The first kappa shape index (κ1) is 19.2. The number of pyridine rings is 1. The minimum absolute atomic E-state index is 0.0658. The van der Waals surface area contributed by atoms with Crippen LogP contribution in [-0.2, 0) is 0 Å². The van der Waals surface area contributed by atoms with E-state index in [0.29, 0.717) is 13.1 Å². The van der Waals surface area contributed by atoms with Crippen molar-refractivity contribution in [2.24, 2.45) is 0 Å². The first-order valence-electron chi connectivity index (χ1n) is 9.29. The van der Waals surface area contributed by atoms with Gasteiger partial charge >= 0.3 is 0 Å². The summed E-state index contributed by atoms with van der Waals surface area (Å²) in [6.07, 6.45) is 0. The van der Waals surface area contributed by atoms with E-state index in [9.17, 15) is 4.79 Å². The lowest BCUT2D eigenvalue weighted by molar-refractivity contribution is 0.0748. The van der Waals surface area contributed by atoms with E-state index >= 15 is 0 Å². The number of hydrogen-bond acceptors (Lipinski definition) is 3. The largest absolute Gasteiger partial charge is 0.368 e. The molecule has 144 valence electrons. The molecule has 6 heteroatoms. The maximum absolute atomic E-state index is 13.3. The Bertz CT molecular complexity index is 1060. The topological polar surface area (TPSA) is 36.4 Å². The van der Waals surface area contributed by atoms with Crippen LogP contribution in [0.5, 0.6) is 0 Å². The smallest absolute Gasteiger partial charge is 0.254 e. The molecule has 0 atom stereocenters. The number of hydrogen-bond donors (Lipinski definition) is 0. The Morgan fingerprint density at radius 3 is 2.54 bits per heavy atom. The molecule has 0 aliphatic carbocycles. The van der Waals surface area contributed by atoms with Gasteiger partial charge in [0.2, 0.25) is 0 Å². The Labute approximate surface area is 178 Å². The number of carbonyl (C=O) groups is 1. The molecule has 3 aromatic rings. The molecule has 28 heavy (non-hydrogen) atoms. The van der Waals surface area contributed by atoms with Crippen molar-refractivity contribution in [3.63, 3.8) is 0 Å². The third-order valence-corrected chi connectivity index (χ3v) is 5.94. The zero-order valence-electron chi connectivity index (χ0n) is 15.9. The van der Waals surface area contributed by atoms with Crippen molar-refractivity contribution in [2.75, 3.05) is 31.1 Å². The van der Waals surface area contributed by atoms with Gasteiger partial charge in [-0.25, -0.2) is 0 Å². The summed E-state index contributed by atoms with van der Waals surface area (Å²) in [6.45, 7) is 6.96. The fourth-order valence-electron chi connectivity index (χ4n) is 3.75. The van der Waals surface area contributed by atoms with Crippen LogP contribution >= 0.6 is 27.5 Å². The van der Waals surface area contributed by atoms with E-state index < -0.39 is 0 Å². The van der Waals surface area contributed by atoms with Gasteiger partial charge in [-0.1, -0.05) is 33.6 Å². The van der Waals surface area contributed by atoms with Crippen molar-refractivity contribution < 1.29 is 4.79 Å². The van der Waals surface area contributed by atoms with Gasteiger partial charge in [0.25, 0.3) is 5.91 Å². The number of fused-ring (bicyclic) bond motifs is 1. The summed E-state index contributed by atoms with van der Waals surface area (Å²) in [5.74, 6) is 0.0658. The number of amides is 1. The minimum Gasteiger partial charge on any atom is -0.368 e. The second-order valence-electron chi connectivity index (χ2n) is 7.18. The van der Waals surface area contributed by atoms with Crippen LogP contribution < -0.4 is 4.90 Å². The molecule has 2 heterocycles. The van der Waals surface area contributed by atoms with Gasteiger partial charge in [0.1, 0.15) is 0 Å². The molecule has 1 aliphatic rings. The summed E-state index contributed by atoms with van der Waals surface area (Å²) in [7, 11) is 0. The minimum atomic E-state index is 0.0658. The van der Waals surface area contributed by atoms with Crippen LogP contribution in [0.15, 0.2) is 46.9 Å². The predicted molar refractivity (Wildman–Crippen MR) is 118 cm³/mol. The fraction of sp³-hybridized carbons (Fsp3) is 0.273. The van der Waals surface area contributed by atoms with Crippen molar-refractivity contribution in [3.05, 3.63) is 68.8 Å². The van der Waals surface area contributed by atoms with E-state index in [1.54, 1.807) is 0 Å². The Balaban J connectivity index is 1.57. The van der Waals surface area contributed by atoms with Crippen LogP contribution in [0.1, 0.15) is 21.6 Å². The zero-order chi connectivity index (χ0) is 19.8. The SMILES string of the molecule is Cc1cc(C(=O)N2CCN(c3cc(Cl)ccc3C)CC2)c2cc(Br)ccc2n1. The van der Waals surface area contributed by atoms with Crippen LogP contribution in [0.2, 0.25) is 5.02 Å². The molecule has 0 saturated carbocycles. The lowest BCUT2D eigenvalue weighted by Crippen LogP contribution is -2.49. The summed E-state index contributed by atoms with van der Waals surface area (Å²) in [5, 5.41) is 1.63. The number of aryl methyl sites for hydroxylation is 2. The van der Waals surface area contributed by atoms with Crippen LogP contribution in [0, 0.1) is 13.8 Å². The molecule has 0 bridgehead atoms. The Morgan fingerprint density at radius 2 is 1.79 bits per heavy atom. The highest BCUT2D eigenvalue weighted by Crippen LogP contribution is 2.27. The maximum Gasteiger partial charge on any atom is 0.254 e. The number of benzene rings is 2. The molecular weight excluding hydrogens is 438 g/mol. The van der Waals surface area contributed by atoms with E-state index in [1.165, 1.54) is 5.56 Å². The number of carbonyl (C=O) groups excluding carboxylic acids is 1. The molecule has 1 saturated heterocycles. The number of piperazine rings is 1. The standard InChI is InChI=1S/C22H21BrClN3O/c1-14-3-5-17(24)13-21(14)26-7-9-27(10-8-26)22(28)19-11-15(2)25-20-6-4-16(23)12-18(19)20/h3-6,11-13H,7-10H2,1-2H3. The van der Waals surface area contributed by atoms with Crippen molar-refractivity contribution in [1.29, 1.82) is 0 Å². The second kappa shape index (κ2) is 7.72. The van der Waals surface area contributed by atoms with Gasteiger partial charge in [-0.05, 0) is 55.8 Å². The molecule has 0 N–H and O–H groups in total. The van der Waals surface area contributed by atoms with Gasteiger partial charge in [0.05, 0.1) is 11.1 Å². The van der Waals surface area contributed by atoms with Gasteiger partial charge in [-0.15, -0.1) is 0 Å². The fourth-order valence-corrected chi connectivity index (χ4v) is 4.28. The number of rotatable bonds is 2. The lowest BCUT2D eigenvalue weighted by atomic mass is 10.1. The van der Waals surface area contributed by atoms with Gasteiger partial charge in [0, 0.05) is 52.4 Å². The summed E-state index contributed by atoms with van der Waals surface area (Å²) < 4.78 is 0.945. The van der Waals surface area contributed by atoms with Crippen molar-refractivity contribution in [2.45, 2.75) is 13.8 Å². The quantitative estimate of drug-likeness (QED) is 0.527. The van der Waals surface area contributed by atoms with Gasteiger partial charge < -0.3 is 9.80 Å². The predicted octanol–water partition coefficient (Wildman–Crippen LogP) is 5.23. The van der Waals surface area contributed by atoms with Gasteiger partial charge in [-0.2, -0.15) is 0 Å². The monoisotopic (exact) mass is 457 g/mol. The van der Waals surface area contributed by atoms with E-state index in [1.807, 2.05) is 54.3 Å². The number of aromatic nitrogens is 1. The summed E-state index contributed by atoms with van der Waals surface area (Å²) in [6, 6.07) is 13.7. The average molecular weight is 459 g/mol. The molecule has 4 nitrogen and oxygen atoms in total. The molecule has 1 aliphatic heterocycles. The van der Waals surface area contributed by atoms with E-state index in [2.05, 4.69) is 32.7 Å². The van der Waals surface area contributed by atoms with E-state index in [0.717, 1.165) is 50.4 Å². The third-order valence-electron chi connectivity index (χ3n) is 5.21. The van der Waals surface area contributed by atoms with Crippen LogP contribution in [0.3, 0.4) is 0 Å². The molecule has 2 aromatic carbocycles. The molecule has 0 spiro atoms.